The molecule has 1 unspecified atom stereocenters. The number of rotatable bonds is 8. The number of alkyl halides is 3. The molecule has 3 aromatic carbocycles. The summed E-state index contributed by atoms with van der Waals surface area (Å²) in [5.41, 5.74) is 6.03. The lowest BCUT2D eigenvalue weighted by Gasteiger charge is -2.31. The van der Waals surface area contributed by atoms with Crippen LogP contribution >= 0.6 is 0 Å². The molecule has 0 spiro atoms. The fraction of sp³-hybridized carbons (Fsp3) is 0.222. The maximum Gasteiger partial charge on any atom is 0.453 e. The van der Waals surface area contributed by atoms with Crippen LogP contribution in [0.25, 0.3) is 44.8 Å². The molecule has 1 aliphatic rings. The highest BCUT2D eigenvalue weighted by atomic mass is 19.4. The summed E-state index contributed by atoms with van der Waals surface area (Å²) < 4.78 is 52.2. The number of nitrogens with one attached hydrogen (secondary N) is 2. The zero-order chi connectivity index (χ0) is 33.4. The van der Waals surface area contributed by atoms with Gasteiger partial charge in [-0.25, -0.2) is 14.4 Å². The number of aliphatic hydroxyl groups is 1. The molecule has 0 bridgehead atoms. The van der Waals surface area contributed by atoms with Crippen molar-refractivity contribution in [2.45, 2.75) is 37.6 Å². The van der Waals surface area contributed by atoms with Crippen molar-refractivity contribution >= 4 is 16.8 Å². The van der Waals surface area contributed by atoms with E-state index in [-0.39, 0.29) is 17.3 Å². The topological polar surface area (TPSA) is 111 Å². The molecule has 3 N–H and O–H groups in total. The Bertz CT molecular complexity index is 2070. The highest BCUT2D eigenvalue weighted by molar-refractivity contribution is 5.89. The van der Waals surface area contributed by atoms with E-state index in [1.807, 2.05) is 48.5 Å². The molecular weight excluding hydrogens is 624 g/mol. The Hall–Kier alpha value is -5.20. The second-order valence-electron chi connectivity index (χ2n) is 12.0. The Kier molecular flexibility index (Phi) is 8.36. The molecule has 7 rings (SSSR count). The predicted octanol–water partition coefficient (Wildman–Crippen LogP) is 7.37. The molecule has 1 saturated heterocycles. The number of imidazole rings is 2. The van der Waals surface area contributed by atoms with Crippen LogP contribution in [0.3, 0.4) is 0 Å². The van der Waals surface area contributed by atoms with E-state index >= 15 is 0 Å². The van der Waals surface area contributed by atoms with Gasteiger partial charge in [0.2, 0.25) is 0 Å². The van der Waals surface area contributed by atoms with Gasteiger partial charge in [0.1, 0.15) is 17.5 Å². The van der Waals surface area contributed by atoms with Crippen LogP contribution in [0.1, 0.15) is 41.9 Å². The molecule has 12 heteroatoms. The molecule has 0 radical (unpaired) electrons. The van der Waals surface area contributed by atoms with E-state index in [4.69, 9.17) is 4.98 Å². The molecule has 1 fully saturated rings. The van der Waals surface area contributed by atoms with Crippen LogP contribution < -0.4 is 0 Å². The van der Waals surface area contributed by atoms with Crippen molar-refractivity contribution in [2.24, 2.45) is 0 Å². The standard InChI is InChI=1S/C36H30F4N6O2/c37-26-10-11-28-29(17-26)44-35(43-28)24-12-14-46(15-13-24)20-21-6-8-23(9-7-21)31-27(22-4-2-1-3-5-22)16-25(18-41-31)34-42-19-30(45-34)32(47)33(48)36(38,39)40/h1-11,16-19,24,32,47H,12-15,20H2,(H,42,45)(H,43,44). The Morgan fingerprint density at radius 3 is 2.38 bits per heavy atom. The molecular formula is C36H30F4N6O2. The number of carbonyl (C=O) groups excluding carboxylic acids is 1. The van der Waals surface area contributed by atoms with Gasteiger partial charge in [0.25, 0.3) is 5.78 Å². The normalized spacial score (nSPS) is 15.2. The van der Waals surface area contributed by atoms with Crippen molar-refractivity contribution in [3.8, 4) is 33.8 Å². The first-order chi connectivity index (χ1) is 23.1. The lowest BCUT2D eigenvalue weighted by atomic mass is 9.95. The first-order valence-corrected chi connectivity index (χ1v) is 15.5. The zero-order valence-corrected chi connectivity index (χ0v) is 25.5. The minimum absolute atomic E-state index is 0.170. The van der Waals surface area contributed by atoms with E-state index in [1.54, 1.807) is 12.3 Å². The molecule has 6 aromatic rings. The Morgan fingerprint density at radius 1 is 0.896 bits per heavy atom. The number of aromatic amines is 2. The highest BCUT2D eigenvalue weighted by Gasteiger charge is 2.44. The number of likely N-dealkylation sites (tertiary alicyclic amines) is 1. The molecule has 244 valence electrons. The summed E-state index contributed by atoms with van der Waals surface area (Å²) in [5.74, 6) is -1.18. The minimum atomic E-state index is -5.18. The van der Waals surface area contributed by atoms with Gasteiger partial charge in [-0.2, -0.15) is 13.2 Å². The van der Waals surface area contributed by atoms with Crippen molar-refractivity contribution < 1.29 is 27.5 Å². The third-order valence-electron chi connectivity index (χ3n) is 8.73. The number of ketones is 1. The van der Waals surface area contributed by atoms with Gasteiger partial charge in [0.05, 0.1) is 28.6 Å². The number of halogens is 4. The molecule has 48 heavy (non-hydrogen) atoms. The fourth-order valence-electron chi connectivity index (χ4n) is 6.17. The van der Waals surface area contributed by atoms with Crippen LogP contribution in [0.2, 0.25) is 0 Å². The van der Waals surface area contributed by atoms with Gasteiger partial charge in [-0.3, -0.25) is 14.7 Å². The second kappa shape index (κ2) is 12.8. The number of Topliss-reactive ketones (excluding diaryl/α,β-unsaturated/α-hetero) is 1. The lowest BCUT2D eigenvalue weighted by Crippen LogP contribution is -2.32. The zero-order valence-electron chi connectivity index (χ0n) is 25.5. The maximum absolute atomic E-state index is 13.6. The molecule has 0 amide bonds. The summed E-state index contributed by atoms with van der Waals surface area (Å²) in [4.78, 5) is 33.4. The first-order valence-electron chi connectivity index (χ1n) is 15.5. The number of hydrogen-bond donors (Lipinski definition) is 3. The van der Waals surface area contributed by atoms with E-state index in [0.29, 0.717) is 17.2 Å². The number of aliphatic hydroxyl groups excluding tert-OH is 1. The van der Waals surface area contributed by atoms with E-state index in [2.05, 4.69) is 37.0 Å². The summed E-state index contributed by atoms with van der Waals surface area (Å²) in [6, 6.07) is 24.2. The molecule has 1 atom stereocenters. The molecule has 0 saturated carbocycles. The average molecular weight is 655 g/mol. The van der Waals surface area contributed by atoms with E-state index in [9.17, 15) is 27.5 Å². The van der Waals surface area contributed by atoms with Crippen LogP contribution in [-0.4, -0.2) is 60.0 Å². The van der Waals surface area contributed by atoms with Gasteiger partial charge in [-0.1, -0.05) is 54.6 Å². The highest BCUT2D eigenvalue weighted by Crippen LogP contribution is 2.35. The summed E-state index contributed by atoms with van der Waals surface area (Å²) in [7, 11) is 0. The average Bonchev–Trinajstić information content (AvgIpc) is 3.76. The van der Waals surface area contributed by atoms with Crippen molar-refractivity contribution in [1.82, 2.24) is 29.8 Å². The fourth-order valence-corrected chi connectivity index (χ4v) is 6.17. The van der Waals surface area contributed by atoms with Crippen LogP contribution in [-0.2, 0) is 11.3 Å². The number of benzene rings is 3. The van der Waals surface area contributed by atoms with Gasteiger partial charge >= 0.3 is 6.18 Å². The van der Waals surface area contributed by atoms with Gasteiger partial charge in [-0.15, -0.1) is 0 Å². The number of pyridine rings is 1. The monoisotopic (exact) mass is 654 g/mol. The number of carbonyl (C=O) groups is 1. The number of nitrogens with zero attached hydrogens (tertiary/aromatic N) is 4. The molecule has 4 heterocycles. The second-order valence-corrected chi connectivity index (χ2v) is 12.0. The van der Waals surface area contributed by atoms with Crippen LogP contribution in [0.15, 0.2) is 91.3 Å². The van der Waals surface area contributed by atoms with Crippen molar-refractivity contribution in [2.75, 3.05) is 13.1 Å². The summed E-state index contributed by atoms with van der Waals surface area (Å²) >= 11 is 0. The number of fused-ring (bicyclic) bond motifs is 1. The number of H-pyrrole nitrogens is 2. The van der Waals surface area contributed by atoms with Crippen LogP contribution in [0.5, 0.6) is 0 Å². The van der Waals surface area contributed by atoms with Crippen molar-refractivity contribution in [3.63, 3.8) is 0 Å². The Balaban J connectivity index is 1.07. The van der Waals surface area contributed by atoms with Gasteiger partial charge < -0.3 is 15.1 Å². The Labute approximate surface area is 272 Å². The van der Waals surface area contributed by atoms with E-state index < -0.39 is 18.1 Å². The van der Waals surface area contributed by atoms with Crippen molar-refractivity contribution in [1.29, 1.82) is 0 Å². The molecule has 1 aliphatic heterocycles. The van der Waals surface area contributed by atoms with Gasteiger partial charge in [0, 0.05) is 35.3 Å². The smallest absolute Gasteiger partial charge is 0.379 e. The molecule has 3 aromatic heterocycles. The summed E-state index contributed by atoms with van der Waals surface area (Å²) in [5, 5.41) is 9.95. The minimum Gasteiger partial charge on any atom is -0.379 e. The number of hydrogen-bond acceptors (Lipinski definition) is 6. The summed E-state index contributed by atoms with van der Waals surface area (Å²) in [6.07, 6.45) is -3.11. The van der Waals surface area contributed by atoms with E-state index in [1.165, 1.54) is 12.1 Å². The van der Waals surface area contributed by atoms with Crippen molar-refractivity contribution in [3.05, 3.63) is 114 Å². The van der Waals surface area contributed by atoms with Crippen LogP contribution in [0, 0.1) is 5.82 Å². The number of piperidine rings is 1. The Morgan fingerprint density at radius 2 is 1.65 bits per heavy atom. The van der Waals surface area contributed by atoms with Gasteiger partial charge in [-0.05, 0) is 61.3 Å². The maximum atomic E-state index is 13.6. The third-order valence-corrected chi connectivity index (χ3v) is 8.73. The first kappa shape index (κ1) is 31.4. The largest absolute Gasteiger partial charge is 0.453 e. The number of aromatic nitrogens is 5. The SMILES string of the molecule is O=C(C(O)c1cnc(-c2cnc(-c3ccc(CN4CCC(c5nc6ccc(F)cc6[nH]5)CC4)cc3)c(-c3ccccc3)c2)[nH]1)C(F)(F)F. The third kappa shape index (κ3) is 6.49. The van der Waals surface area contributed by atoms with Gasteiger partial charge in [0.15, 0.2) is 6.10 Å². The molecule has 8 nitrogen and oxygen atoms in total. The summed E-state index contributed by atoms with van der Waals surface area (Å²) in [6.45, 7) is 2.61. The lowest BCUT2D eigenvalue weighted by molar-refractivity contribution is -0.180. The quantitative estimate of drug-likeness (QED) is 0.148. The predicted molar refractivity (Wildman–Crippen MR) is 172 cm³/mol. The molecule has 0 aliphatic carbocycles. The van der Waals surface area contributed by atoms with E-state index in [0.717, 1.165) is 77.8 Å². The van der Waals surface area contributed by atoms with Crippen LogP contribution in [0.4, 0.5) is 17.6 Å².